The molecule has 0 radical (unpaired) electrons. The number of alkyl halides is 3. The second-order valence-electron chi connectivity index (χ2n) is 8.22. The number of nitrogens with one attached hydrogen (secondary N) is 3. The van der Waals surface area contributed by atoms with Crippen molar-refractivity contribution in [2.24, 2.45) is 0 Å². The molecule has 0 saturated carbocycles. The fourth-order valence-electron chi connectivity index (χ4n) is 3.65. The molecule has 0 spiro atoms. The third-order valence-electron chi connectivity index (χ3n) is 5.66. The maximum atomic E-state index is 13.0. The standard InChI is InChI=1S/C24H29F3N4O2/c1-3-16(2)28-22(32)20-15-19(11-12-21(20)31-13-5-4-6-14-31)30-23(33)29-18-9-7-17(8-10-18)24(25,26)27/h7-12,15-16H,3-6,13-14H2,1-2H3,(H,28,32)(H2,29,30,33). The Morgan fingerprint density at radius 3 is 2.18 bits per heavy atom. The molecule has 2 aromatic carbocycles. The van der Waals surface area contributed by atoms with E-state index in [1.54, 1.807) is 12.1 Å². The van der Waals surface area contributed by atoms with E-state index in [0.29, 0.717) is 11.3 Å². The van der Waals surface area contributed by atoms with E-state index < -0.39 is 17.8 Å². The van der Waals surface area contributed by atoms with Gasteiger partial charge in [0.15, 0.2) is 0 Å². The van der Waals surface area contributed by atoms with Crippen molar-refractivity contribution in [3.05, 3.63) is 53.6 Å². The molecule has 6 nitrogen and oxygen atoms in total. The molecule has 3 rings (SSSR count). The molecule has 1 aliphatic rings. The van der Waals surface area contributed by atoms with Crippen LogP contribution in [-0.2, 0) is 6.18 Å². The highest BCUT2D eigenvalue weighted by atomic mass is 19.4. The van der Waals surface area contributed by atoms with Gasteiger partial charge in [0, 0.05) is 36.2 Å². The van der Waals surface area contributed by atoms with Crippen molar-refractivity contribution in [1.82, 2.24) is 5.32 Å². The molecule has 3 N–H and O–H groups in total. The van der Waals surface area contributed by atoms with Crippen molar-refractivity contribution < 1.29 is 22.8 Å². The van der Waals surface area contributed by atoms with Gasteiger partial charge in [-0.3, -0.25) is 4.79 Å². The number of halogens is 3. The van der Waals surface area contributed by atoms with E-state index in [1.807, 2.05) is 19.9 Å². The van der Waals surface area contributed by atoms with Crippen LogP contribution >= 0.6 is 0 Å². The van der Waals surface area contributed by atoms with Crippen LogP contribution in [0.1, 0.15) is 55.5 Å². The zero-order valence-corrected chi connectivity index (χ0v) is 18.8. The predicted octanol–water partition coefficient (Wildman–Crippen LogP) is 5.87. The normalized spacial score (nSPS) is 15.0. The number of benzene rings is 2. The van der Waals surface area contributed by atoms with Crippen molar-refractivity contribution in [3.8, 4) is 0 Å². The summed E-state index contributed by atoms with van der Waals surface area (Å²) in [4.78, 5) is 27.5. The highest BCUT2D eigenvalue weighted by molar-refractivity contribution is 6.04. The van der Waals surface area contributed by atoms with Gasteiger partial charge in [0.2, 0.25) is 0 Å². The second-order valence-corrected chi connectivity index (χ2v) is 8.22. The van der Waals surface area contributed by atoms with Gasteiger partial charge in [0.05, 0.1) is 11.1 Å². The quantitative estimate of drug-likeness (QED) is 0.503. The fraction of sp³-hybridized carbons (Fsp3) is 0.417. The smallest absolute Gasteiger partial charge is 0.371 e. The molecule has 178 valence electrons. The number of nitrogens with zero attached hydrogens (tertiary/aromatic N) is 1. The van der Waals surface area contributed by atoms with E-state index in [4.69, 9.17) is 0 Å². The van der Waals surface area contributed by atoms with Crippen LogP contribution in [0.25, 0.3) is 0 Å². The Balaban J connectivity index is 1.76. The van der Waals surface area contributed by atoms with Gasteiger partial charge in [-0.25, -0.2) is 4.79 Å². The van der Waals surface area contributed by atoms with E-state index >= 15 is 0 Å². The van der Waals surface area contributed by atoms with E-state index in [-0.39, 0.29) is 17.6 Å². The Morgan fingerprint density at radius 2 is 1.58 bits per heavy atom. The van der Waals surface area contributed by atoms with E-state index in [1.165, 1.54) is 12.1 Å². The number of urea groups is 1. The van der Waals surface area contributed by atoms with Gasteiger partial charge in [0.25, 0.3) is 5.91 Å². The van der Waals surface area contributed by atoms with Gasteiger partial charge < -0.3 is 20.9 Å². The molecule has 1 saturated heterocycles. The summed E-state index contributed by atoms with van der Waals surface area (Å²) in [7, 11) is 0. The fourth-order valence-corrected chi connectivity index (χ4v) is 3.65. The molecule has 33 heavy (non-hydrogen) atoms. The summed E-state index contributed by atoms with van der Waals surface area (Å²) >= 11 is 0. The maximum absolute atomic E-state index is 13.0. The van der Waals surface area contributed by atoms with Crippen molar-refractivity contribution in [1.29, 1.82) is 0 Å². The molecule has 1 atom stereocenters. The molecular weight excluding hydrogens is 433 g/mol. The molecule has 2 aromatic rings. The van der Waals surface area contributed by atoms with E-state index in [9.17, 15) is 22.8 Å². The van der Waals surface area contributed by atoms with Crippen LogP contribution < -0.4 is 20.9 Å². The number of hydrogen-bond acceptors (Lipinski definition) is 3. The number of carbonyl (C=O) groups is 2. The lowest BCUT2D eigenvalue weighted by Crippen LogP contribution is -2.35. The summed E-state index contributed by atoms with van der Waals surface area (Å²) in [5.74, 6) is -0.211. The summed E-state index contributed by atoms with van der Waals surface area (Å²) in [6, 6.07) is 8.75. The lowest BCUT2D eigenvalue weighted by Gasteiger charge is -2.31. The summed E-state index contributed by atoms with van der Waals surface area (Å²) in [6.45, 7) is 5.65. The number of piperidine rings is 1. The number of rotatable bonds is 6. The van der Waals surface area contributed by atoms with Crippen LogP contribution in [0, 0.1) is 0 Å². The average Bonchev–Trinajstić information content (AvgIpc) is 2.79. The number of amides is 3. The summed E-state index contributed by atoms with van der Waals surface area (Å²) in [5, 5.41) is 8.14. The third kappa shape index (κ3) is 6.63. The van der Waals surface area contributed by atoms with Crippen LogP contribution in [0.5, 0.6) is 0 Å². The molecule has 0 aromatic heterocycles. The lowest BCUT2D eigenvalue weighted by molar-refractivity contribution is -0.137. The van der Waals surface area contributed by atoms with Gasteiger partial charge in [-0.15, -0.1) is 0 Å². The van der Waals surface area contributed by atoms with E-state index in [2.05, 4.69) is 20.9 Å². The Bertz CT molecular complexity index is 971. The van der Waals surface area contributed by atoms with Gasteiger partial charge in [-0.2, -0.15) is 13.2 Å². The predicted molar refractivity (Wildman–Crippen MR) is 124 cm³/mol. The lowest BCUT2D eigenvalue weighted by atomic mass is 10.1. The highest BCUT2D eigenvalue weighted by Gasteiger charge is 2.30. The van der Waals surface area contributed by atoms with Crippen LogP contribution in [-0.4, -0.2) is 31.1 Å². The molecule has 0 bridgehead atoms. The van der Waals surface area contributed by atoms with Crippen LogP contribution in [0.2, 0.25) is 0 Å². The van der Waals surface area contributed by atoms with Crippen LogP contribution in [0.4, 0.5) is 35.0 Å². The molecule has 1 fully saturated rings. The third-order valence-corrected chi connectivity index (χ3v) is 5.66. The summed E-state index contributed by atoms with van der Waals surface area (Å²) < 4.78 is 38.1. The minimum Gasteiger partial charge on any atom is -0.371 e. The van der Waals surface area contributed by atoms with Crippen molar-refractivity contribution in [2.75, 3.05) is 28.6 Å². The maximum Gasteiger partial charge on any atom is 0.416 e. The minimum absolute atomic E-state index is 0.00582. The molecule has 1 heterocycles. The molecule has 1 unspecified atom stereocenters. The van der Waals surface area contributed by atoms with Gasteiger partial charge >= 0.3 is 12.2 Å². The first-order chi connectivity index (χ1) is 15.7. The largest absolute Gasteiger partial charge is 0.416 e. The Hall–Kier alpha value is -3.23. The topological polar surface area (TPSA) is 73.5 Å². The van der Waals surface area contributed by atoms with Crippen LogP contribution in [0.15, 0.2) is 42.5 Å². The molecule has 0 aliphatic carbocycles. The molecular formula is C24H29F3N4O2. The number of anilines is 3. The Morgan fingerprint density at radius 1 is 0.970 bits per heavy atom. The number of carbonyl (C=O) groups excluding carboxylic acids is 2. The zero-order chi connectivity index (χ0) is 24.0. The zero-order valence-electron chi connectivity index (χ0n) is 18.8. The monoisotopic (exact) mass is 462 g/mol. The van der Waals surface area contributed by atoms with E-state index in [0.717, 1.165) is 56.6 Å². The SMILES string of the molecule is CCC(C)NC(=O)c1cc(NC(=O)Nc2ccc(C(F)(F)F)cc2)ccc1N1CCCCC1. The minimum atomic E-state index is -4.44. The molecule has 9 heteroatoms. The molecule has 1 aliphatic heterocycles. The number of hydrogen-bond donors (Lipinski definition) is 3. The first-order valence-electron chi connectivity index (χ1n) is 11.1. The Labute approximate surface area is 191 Å². The first kappa shape index (κ1) is 24.4. The van der Waals surface area contributed by atoms with Crippen molar-refractivity contribution in [2.45, 2.75) is 51.7 Å². The van der Waals surface area contributed by atoms with Gasteiger partial charge in [-0.05, 0) is 75.1 Å². The average molecular weight is 463 g/mol. The van der Waals surface area contributed by atoms with Gasteiger partial charge in [0.1, 0.15) is 0 Å². The van der Waals surface area contributed by atoms with Crippen molar-refractivity contribution >= 4 is 29.0 Å². The highest BCUT2D eigenvalue weighted by Crippen LogP contribution is 2.30. The van der Waals surface area contributed by atoms with Gasteiger partial charge in [-0.1, -0.05) is 6.92 Å². The first-order valence-corrected chi connectivity index (χ1v) is 11.1. The summed E-state index contributed by atoms with van der Waals surface area (Å²) in [5.41, 5.74) is 1.14. The second kappa shape index (κ2) is 10.6. The summed E-state index contributed by atoms with van der Waals surface area (Å²) in [6.07, 6.45) is -0.375. The van der Waals surface area contributed by atoms with Crippen LogP contribution in [0.3, 0.4) is 0 Å². The Kier molecular flexibility index (Phi) is 7.84. The molecule has 3 amide bonds. The van der Waals surface area contributed by atoms with Crippen molar-refractivity contribution in [3.63, 3.8) is 0 Å².